The second kappa shape index (κ2) is 6.44. The first-order valence-corrected chi connectivity index (χ1v) is 7.18. The molecule has 0 amide bonds. The molecule has 1 aromatic carbocycles. The molecular weight excluding hydrogens is 261 g/mol. The van der Waals surface area contributed by atoms with Crippen LogP contribution in [0.1, 0.15) is 43.7 Å². The Morgan fingerprint density at radius 1 is 1.37 bits per heavy atom. The number of nitrogens with two attached hydrogens (primary N) is 1. The van der Waals surface area contributed by atoms with Gasteiger partial charge in [0.1, 0.15) is 10.8 Å². The monoisotopic (exact) mass is 281 g/mol. The van der Waals surface area contributed by atoms with Crippen molar-refractivity contribution in [1.82, 2.24) is 0 Å². The second-order valence-corrected chi connectivity index (χ2v) is 5.76. The first-order chi connectivity index (χ1) is 9.06. The van der Waals surface area contributed by atoms with Gasteiger partial charge >= 0.3 is 0 Å². The molecule has 0 heterocycles. The molecule has 0 radical (unpaired) electrons. The smallest absolute Gasteiger partial charge is 0.124 e. The molecule has 1 aliphatic rings. The van der Waals surface area contributed by atoms with Crippen LogP contribution in [0.4, 0.5) is 4.39 Å². The summed E-state index contributed by atoms with van der Waals surface area (Å²) in [5.41, 5.74) is 6.89. The molecule has 0 bridgehead atoms. The van der Waals surface area contributed by atoms with Crippen LogP contribution >= 0.6 is 12.2 Å². The molecule has 2 rings (SSSR count). The van der Waals surface area contributed by atoms with E-state index < -0.39 is 0 Å². The largest absolute Gasteiger partial charge is 0.389 e. The van der Waals surface area contributed by atoms with Crippen molar-refractivity contribution in [2.24, 2.45) is 11.7 Å². The Kier molecular flexibility index (Phi) is 4.88. The quantitative estimate of drug-likeness (QED) is 0.857. The van der Waals surface area contributed by atoms with E-state index in [1.165, 1.54) is 31.4 Å². The fourth-order valence-electron chi connectivity index (χ4n) is 2.61. The molecule has 0 saturated heterocycles. The Bertz CT molecular complexity index is 463. The van der Waals surface area contributed by atoms with Gasteiger partial charge in [-0.05, 0) is 42.5 Å². The fourth-order valence-corrected chi connectivity index (χ4v) is 2.73. The zero-order chi connectivity index (χ0) is 13.8. The van der Waals surface area contributed by atoms with Gasteiger partial charge in [0.2, 0.25) is 0 Å². The van der Waals surface area contributed by atoms with Crippen molar-refractivity contribution in [3.8, 4) is 0 Å². The highest BCUT2D eigenvalue weighted by atomic mass is 32.1. The molecule has 1 saturated carbocycles. The van der Waals surface area contributed by atoms with Crippen molar-refractivity contribution in [3.63, 3.8) is 0 Å². The standard InChI is InChI=1S/C15H20FNOS/c1-10-4-2-3-5-14(10)18-9-11-6-12(15(17)19)8-13(16)7-11/h6-8,10,14H,2-5,9H2,1H3,(H2,17,19). The molecule has 1 aromatic rings. The summed E-state index contributed by atoms with van der Waals surface area (Å²) in [5, 5.41) is 0. The average Bonchev–Trinajstić information content (AvgIpc) is 2.37. The van der Waals surface area contributed by atoms with Gasteiger partial charge in [-0.1, -0.05) is 32.0 Å². The van der Waals surface area contributed by atoms with E-state index in [4.69, 9.17) is 22.7 Å². The highest BCUT2D eigenvalue weighted by Crippen LogP contribution is 2.27. The molecule has 1 aliphatic carbocycles. The third-order valence-corrected chi connectivity index (χ3v) is 3.97. The van der Waals surface area contributed by atoms with Crippen molar-refractivity contribution in [2.45, 2.75) is 45.3 Å². The fraction of sp³-hybridized carbons (Fsp3) is 0.533. The molecule has 2 unspecified atom stereocenters. The Hall–Kier alpha value is -1.00. The summed E-state index contributed by atoms with van der Waals surface area (Å²) in [6.07, 6.45) is 5.10. The van der Waals surface area contributed by atoms with Crippen LogP contribution < -0.4 is 5.73 Å². The minimum absolute atomic E-state index is 0.215. The SMILES string of the molecule is CC1CCCCC1OCc1cc(F)cc(C(N)=S)c1. The molecular formula is C15H20FNOS. The summed E-state index contributed by atoms with van der Waals surface area (Å²) in [6.45, 7) is 2.64. The first-order valence-electron chi connectivity index (χ1n) is 6.77. The minimum atomic E-state index is -0.319. The van der Waals surface area contributed by atoms with Crippen molar-refractivity contribution >= 4 is 17.2 Å². The maximum atomic E-state index is 13.5. The third kappa shape index (κ3) is 3.98. The van der Waals surface area contributed by atoms with Crippen molar-refractivity contribution in [2.75, 3.05) is 0 Å². The van der Waals surface area contributed by atoms with Gasteiger partial charge < -0.3 is 10.5 Å². The van der Waals surface area contributed by atoms with Gasteiger partial charge in [0.15, 0.2) is 0 Å². The predicted octanol–water partition coefficient (Wildman–Crippen LogP) is 3.56. The molecule has 0 aromatic heterocycles. The molecule has 2 N–H and O–H groups in total. The topological polar surface area (TPSA) is 35.2 Å². The second-order valence-electron chi connectivity index (χ2n) is 5.32. The normalized spacial score (nSPS) is 23.3. The van der Waals surface area contributed by atoms with E-state index in [1.54, 1.807) is 6.07 Å². The summed E-state index contributed by atoms with van der Waals surface area (Å²) in [7, 11) is 0. The number of hydrogen-bond donors (Lipinski definition) is 1. The zero-order valence-electron chi connectivity index (χ0n) is 11.2. The number of halogens is 1. The zero-order valence-corrected chi connectivity index (χ0v) is 12.0. The van der Waals surface area contributed by atoms with Crippen molar-refractivity contribution in [3.05, 3.63) is 35.1 Å². The van der Waals surface area contributed by atoms with E-state index in [2.05, 4.69) is 6.92 Å². The van der Waals surface area contributed by atoms with Crippen LogP contribution in [-0.2, 0) is 11.3 Å². The lowest BCUT2D eigenvalue weighted by atomic mass is 9.88. The van der Waals surface area contributed by atoms with Gasteiger partial charge in [0, 0.05) is 5.56 Å². The van der Waals surface area contributed by atoms with Crippen molar-refractivity contribution in [1.29, 1.82) is 0 Å². The van der Waals surface area contributed by atoms with E-state index in [9.17, 15) is 4.39 Å². The lowest BCUT2D eigenvalue weighted by Gasteiger charge is -2.28. The number of thiocarbonyl (C=S) groups is 1. The Morgan fingerprint density at radius 3 is 2.79 bits per heavy atom. The van der Waals surface area contributed by atoms with Crippen LogP contribution in [0.25, 0.3) is 0 Å². The van der Waals surface area contributed by atoms with Crippen LogP contribution in [0, 0.1) is 11.7 Å². The maximum absolute atomic E-state index is 13.5. The first kappa shape index (κ1) is 14.4. The van der Waals surface area contributed by atoms with E-state index in [0.29, 0.717) is 18.1 Å². The highest BCUT2D eigenvalue weighted by Gasteiger charge is 2.21. The van der Waals surface area contributed by atoms with E-state index >= 15 is 0 Å². The Balaban J connectivity index is 2.00. The summed E-state index contributed by atoms with van der Waals surface area (Å²) in [6, 6.07) is 4.64. The van der Waals surface area contributed by atoms with E-state index in [0.717, 1.165) is 12.0 Å². The Labute approximate surface area is 119 Å². The van der Waals surface area contributed by atoms with Crippen LogP contribution in [0.15, 0.2) is 18.2 Å². The predicted molar refractivity (Wildman–Crippen MR) is 78.5 cm³/mol. The van der Waals surface area contributed by atoms with Gasteiger partial charge in [-0.2, -0.15) is 0 Å². The number of rotatable bonds is 4. The molecule has 2 atom stereocenters. The molecule has 1 fully saturated rings. The Morgan fingerprint density at radius 2 is 2.11 bits per heavy atom. The molecule has 0 aliphatic heterocycles. The summed E-state index contributed by atoms with van der Waals surface area (Å²) >= 11 is 4.88. The van der Waals surface area contributed by atoms with Gasteiger partial charge in [-0.25, -0.2) is 4.39 Å². The van der Waals surface area contributed by atoms with Crippen LogP contribution in [0.2, 0.25) is 0 Å². The van der Waals surface area contributed by atoms with Crippen LogP contribution in [0.3, 0.4) is 0 Å². The summed E-state index contributed by atoms with van der Waals surface area (Å²) < 4.78 is 19.4. The van der Waals surface area contributed by atoms with Gasteiger partial charge in [-0.15, -0.1) is 0 Å². The molecule has 4 heteroatoms. The molecule has 2 nitrogen and oxygen atoms in total. The highest BCUT2D eigenvalue weighted by molar-refractivity contribution is 7.80. The number of ether oxygens (including phenoxy) is 1. The molecule has 19 heavy (non-hydrogen) atoms. The lowest BCUT2D eigenvalue weighted by Crippen LogP contribution is -2.25. The molecule has 0 spiro atoms. The van der Waals surface area contributed by atoms with E-state index in [-0.39, 0.29) is 16.9 Å². The lowest BCUT2D eigenvalue weighted by molar-refractivity contribution is -0.0155. The summed E-state index contributed by atoms with van der Waals surface area (Å²) in [5.74, 6) is 0.262. The minimum Gasteiger partial charge on any atom is -0.389 e. The van der Waals surface area contributed by atoms with Crippen LogP contribution in [0.5, 0.6) is 0 Å². The average molecular weight is 281 g/mol. The summed E-state index contributed by atoms with van der Waals surface area (Å²) in [4.78, 5) is 0.215. The maximum Gasteiger partial charge on any atom is 0.124 e. The van der Waals surface area contributed by atoms with Gasteiger partial charge in [-0.3, -0.25) is 0 Å². The van der Waals surface area contributed by atoms with Crippen molar-refractivity contribution < 1.29 is 9.13 Å². The number of benzene rings is 1. The van der Waals surface area contributed by atoms with Gasteiger partial charge in [0.05, 0.1) is 12.7 Å². The van der Waals surface area contributed by atoms with E-state index in [1.807, 2.05) is 0 Å². The molecule has 104 valence electrons. The third-order valence-electron chi connectivity index (χ3n) is 3.74. The number of hydrogen-bond acceptors (Lipinski definition) is 2. The van der Waals surface area contributed by atoms with Gasteiger partial charge in [0.25, 0.3) is 0 Å². The van der Waals surface area contributed by atoms with Crippen LogP contribution in [-0.4, -0.2) is 11.1 Å².